The molecule has 0 bridgehead atoms. The molecular weight excluding hydrogens is 218 g/mol. The Hall–Kier alpha value is -2.22. The third kappa shape index (κ3) is 2.02. The van der Waals surface area contributed by atoms with E-state index >= 15 is 0 Å². The van der Waals surface area contributed by atoms with Gasteiger partial charge in [-0.3, -0.25) is 0 Å². The second-order valence-corrected chi connectivity index (χ2v) is 3.85. The van der Waals surface area contributed by atoms with Crippen LogP contribution in [0.25, 0.3) is 11.0 Å². The number of methoxy groups -OCH3 is 1. The van der Waals surface area contributed by atoms with E-state index in [9.17, 15) is 0 Å². The van der Waals surface area contributed by atoms with Gasteiger partial charge in [0.25, 0.3) is 0 Å². The van der Waals surface area contributed by atoms with E-state index in [1.54, 1.807) is 25.3 Å². The number of hydrogen-bond donors (Lipinski definition) is 0. The fourth-order valence-corrected chi connectivity index (χ4v) is 1.55. The summed E-state index contributed by atoms with van der Waals surface area (Å²) in [6, 6.07) is 7.41. The number of aromatic nitrogens is 2. The lowest BCUT2D eigenvalue weighted by molar-refractivity contribution is 0.0657. The number of fused-ring (bicyclic) bond motifs is 1. The van der Waals surface area contributed by atoms with E-state index in [0.29, 0.717) is 11.3 Å². The van der Waals surface area contributed by atoms with Crippen molar-refractivity contribution in [1.82, 2.24) is 9.71 Å². The number of hydrogen-bond acceptors (Lipinski definition) is 4. The Labute approximate surface area is 99.2 Å². The van der Waals surface area contributed by atoms with Crippen molar-refractivity contribution in [2.75, 3.05) is 7.11 Å². The lowest BCUT2D eigenvalue weighted by Gasteiger charge is -2.11. The van der Waals surface area contributed by atoms with Crippen LogP contribution in [0.5, 0.6) is 5.75 Å². The maximum Gasteiger partial charge on any atom is 0.247 e. The molecule has 0 unspecified atom stereocenters. The number of rotatable bonds is 3. The minimum absolute atomic E-state index is 0.0364. The van der Waals surface area contributed by atoms with Gasteiger partial charge in [-0.2, -0.15) is 9.99 Å². The number of imidazole rings is 1. The van der Waals surface area contributed by atoms with Crippen LogP contribution in [-0.2, 0) is 0 Å². The Balaban J connectivity index is 2.63. The smallest absolute Gasteiger partial charge is 0.247 e. The third-order valence-electron chi connectivity index (χ3n) is 2.24. The molecule has 0 aliphatic rings. The molecule has 0 fully saturated rings. The van der Waals surface area contributed by atoms with Crippen molar-refractivity contribution >= 4 is 11.0 Å². The SMILES string of the molecule is COc1ccc2nc(C#N)n(OC(C)C)c2c1. The van der Waals surface area contributed by atoms with Gasteiger partial charge in [-0.15, -0.1) is 0 Å². The predicted octanol–water partition coefficient (Wildman–Crippen LogP) is 1.75. The zero-order valence-corrected chi connectivity index (χ0v) is 9.97. The van der Waals surface area contributed by atoms with Gasteiger partial charge in [0.05, 0.1) is 12.6 Å². The van der Waals surface area contributed by atoms with Gasteiger partial charge in [-0.05, 0) is 26.0 Å². The molecule has 2 aromatic rings. The Kier molecular flexibility index (Phi) is 2.88. The maximum absolute atomic E-state index is 9.01. The van der Waals surface area contributed by atoms with Crippen LogP contribution in [0.1, 0.15) is 19.7 Å². The number of benzene rings is 1. The molecule has 5 nitrogen and oxygen atoms in total. The summed E-state index contributed by atoms with van der Waals surface area (Å²) in [6.07, 6.45) is -0.0364. The summed E-state index contributed by atoms with van der Waals surface area (Å²) in [5, 5.41) is 9.01. The second kappa shape index (κ2) is 4.34. The van der Waals surface area contributed by atoms with E-state index in [4.69, 9.17) is 14.8 Å². The quantitative estimate of drug-likeness (QED) is 0.807. The summed E-state index contributed by atoms with van der Waals surface area (Å²) >= 11 is 0. The van der Waals surface area contributed by atoms with Crippen LogP contribution in [0.2, 0.25) is 0 Å². The largest absolute Gasteiger partial charge is 0.497 e. The van der Waals surface area contributed by atoms with Gasteiger partial charge in [-0.1, -0.05) is 0 Å². The Morgan fingerprint density at radius 1 is 1.41 bits per heavy atom. The average Bonchev–Trinajstić information content (AvgIpc) is 2.66. The van der Waals surface area contributed by atoms with Crippen LogP contribution in [0.4, 0.5) is 0 Å². The molecule has 17 heavy (non-hydrogen) atoms. The van der Waals surface area contributed by atoms with Crippen LogP contribution in [0.15, 0.2) is 18.2 Å². The number of nitrogens with zero attached hydrogens (tertiary/aromatic N) is 3. The summed E-state index contributed by atoms with van der Waals surface area (Å²) in [4.78, 5) is 9.75. The van der Waals surface area contributed by atoms with Crippen LogP contribution < -0.4 is 9.57 Å². The summed E-state index contributed by atoms with van der Waals surface area (Å²) < 4.78 is 6.59. The Bertz CT molecular complexity index is 581. The Morgan fingerprint density at radius 3 is 2.76 bits per heavy atom. The molecule has 0 saturated heterocycles. The zero-order valence-electron chi connectivity index (χ0n) is 9.97. The van der Waals surface area contributed by atoms with Gasteiger partial charge in [0.15, 0.2) is 0 Å². The number of nitriles is 1. The fraction of sp³-hybridized carbons (Fsp3) is 0.333. The minimum atomic E-state index is -0.0364. The molecule has 0 amide bonds. The molecular formula is C12H13N3O2. The average molecular weight is 231 g/mol. The lowest BCUT2D eigenvalue weighted by Crippen LogP contribution is -2.20. The maximum atomic E-state index is 9.01. The highest BCUT2D eigenvalue weighted by Gasteiger charge is 2.13. The first-order valence-electron chi connectivity index (χ1n) is 5.29. The molecule has 88 valence electrons. The summed E-state index contributed by atoms with van der Waals surface area (Å²) in [5.41, 5.74) is 1.44. The van der Waals surface area contributed by atoms with Gasteiger partial charge in [-0.25, -0.2) is 4.98 Å². The van der Waals surface area contributed by atoms with Gasteiger partial charge in [0.1, 0.15) is 23.4 Å². The van der Waals surface area contributed by atoms with E-state index in [0.717, 1.165) is 5.52 Å². The molecule has 0 aliphatic carbocycles. The third-order valence-corrected chi connectivity index (χ3v) is 2.24. The van der Waals surface area contributed by atoms with Gasteiger partial charge in [0, 0.05) is 6.07 Å². The fourth-order valence-electron chi connectivity index (χ4n) is 1.55. The van der Waals surface area contributed by atoms with Crippen molar-refractivity contribution in [2.45, 2.75) is 20.0 Å². The van der Waals surface area contributed by atoms with Crippen molar-refractivity contribution in [2.24, 2.45) is 0 Å². The Morgan fingerprint density at radius 2 is 2.18 bits per heavy atom. The summed E-state index contributed by atoms with van der Waals surface area (Å²) in [5.74, 6) is 0.942. The van der Waals surface area contributed by atoms with Crippen molar-refractivity contribution < 1.29 is 9.57 Å². The highest BCUT2D eigenvalue weighted by Crippen LogP contribution is 2.21. The molecule has 5 heteroatoms. The van der Waals surface area contributed by atoms with Crippen molar-refractivity contribution in [3.63, 3.8) is 0 Å². The topological polar surface area (TPSA) is 60.1 Å². The van der Waals surface area contributed by atoms with E-state index in [1.165, 1.54) is 4.73 Å². The molecule has 0 radical (unpaired) electrons. The molecule has 0 aliphatic heterocycles. The van der Waals surface area contributed by atoms with Crippen molar-refractivity contribution in [3.05, 3.63) is 24.0 Å². The zero-order chi connectivity index (χ0) is 12.4. The van der Waals surface area contributed by atoms with Crippen LogP contribution in [0.3, 0.4) is 0 Å². The van der Waals surface area contributed by atoms with Crippen molar-refractivity contribution in [3.8, 4) is 11.8 Å². The molecule has 1 heterocycles. The van der Waals surface area contributed by atoms with Gasteiger partial charge in [0.2, 0.25) is 5.82 Å². The first kappa shape index (κ1) is 11.3. The minimum Gasteiger partial charge on any atom is -0.497 e. The lowest BCUT2D eigenvalue weighted by atomic mass is 10.3. The monoisotopic (exact) mass is 231 g/mol. The van der Waals surface area contributed by atoms with E-state index < -0.39 is 0 Å². The van der Waals surface area contributed by atoms with Crippen molar-refractivity contribution in [1.29, 1.82) is 5.26 Å². The highest BCUT2D eigenvalue weighted by atomic mass is 16.7. The predicted molar refractivity (Wildman–Crippen MR) is 62.7 cm³/mol. The molecule has 0 saturated carbocycles. The first-order valence-corrected chi connectivity index (χ1v) is 5.29. The van der Waals surface area contributed by atoms with E-state index in [2.05, 4.69) is 4.98 Å². The van der Waals surface area contributed by atoms with E-state index in [-0.39, 0.29) is 11.9 Å². The summed E-state index contributed by atoms with van der Waals surface area (Å²) in [6.45, 7) is 3.79. The molecule has 1 aromatic carbocycles. The van der Waals surface area contributed by atoms with Crippen LogP contribution in [-0.4, -0.2) is 22.9 Å². The molecule has 0 N–H and O–H groups in total. The number of ether oxygens (including phenoxy) is 1. The van der Waals surface area contributed by atoms with Gasteiger partial charge < -0.3 is 9.57 Å². The van der Waals surface area contributed by atoms with Crippen LogP contribution >= 0.6 is 0 Å². The van der Waals surface area contributed by atoms with Crippen LogP contribution in [0, 0.1) is 11.3 Å². The molecule has 1 aromatic heterocycles. The molecule has 0 spiro atoms. The molecule has 0 atom stereocenters. The second-order valence-electron chi connectivity index (χ2n) is 3.85. The highest BCUT2D eigenvalue weighted by molar-refractivity contribution is 5.78. The van der Waals surface area contributed by atoms with Gasteiger partial charge >= 0.3 is 0 Å². The normalized spacial score (nSPS) is 10.5. The van der Waals surface area contributed by atoms with E-state index in [1.807, 2.05) is 19.9 Å². The molecule has 2 rings (SSSR count). The summed E-state index contributed by atoms with van der Waals surface area (Å²) in [7, 11) is 1.59. The standard InChI is InChI=1S/C12H13N3O2/c1-8(2)17-15-11-6-9(16-3)4-5-10(11)14-12(15)7-13/h4-6,8H,1-3H3. The first-order chi connectivity index (χ1) is 8.15.